The van der Waals surface area contributed by atoms with Crippen molar-refractivity contribution in [3.8, 4) is 0 Å². The number of nitrogens with one attached hydrogen (secondary N) is 1. The van der Waals surface area contributed by atoms with Gasteiger partial charge in [-0.3, -0.25) is 0 Å². The van der Waals surface area contributed by atoms with Crippen LogP contribution in [0.4, 0.5) is 0 Å². The van der Waals surface area contributed by atoms with Crippen molar-refractivity contribution < 1.29 is 8.42 Å². The lowest BCUT2D eigenvalue weighted by Crippen LogP contribution is -2.16. The molecule has 0 heterocycles. The van der Waals surface area contributed by atoms with Gasteiger partial charge in [0.1, 0.15) is 9.84 Å². The van der Waals surface area contributed by atoms with Gasteiger partial charge < -0.3 is 5.32 Å². The Kier molecular flexibility index (Phi) is 7.28. The first-order chi connectivity index (χ1) is 6.12. The lowest BCUT2D eigenvalue weighted by Gasteiger charge is -2.03. The maximum atomic E-state index is 11.4. The largest absolute Gasteiger partial charge is 0.320 e. The van der Waals surface area contributed by atoms with Crippen molar-refractivity contribution in [1.29, 1.82) is 0 Å². The number of sulfone groups is 1. The molecule has 0 aliphatic heterocycles. The Hall–Kier alpha value is -0.0900. The number of hydrogen-bond donors (Lipinski definition) is 1. The first-order valence-electron chi connectivity index (χ1n) is 4.97. The summed E-state index contributed by atoms with van der Waals surface area (Å²) in [6.07, 6.45) is 3.64. The Morgan fingerprint density at radius 1 is 1.08 bits per heavy atom. The van der Waals surface area contributed by atoms with Gasteiger partial charge in [-0.25, -0.2) is 8.42 Å². The number of rotatable bonds is 8. The predicted octanol–water partition coefficient (Wildman–Crippen LogP) is 1.20. The molecule has 0 aliphatic rings. The van der Waals surface area contributed by atoms with Gasteiger partial charge in [0, 0.05) is 0 Å². The molecule has 0 spiro atoms. The van der Waals surface area contributed by atoms with Crippen LogP contribution in [0, 0.1) is 0 Å². The molecule has 0 bridgehead atoms. The average molecular weight is 207 g/mol. The predicted molar refractivity (Wildman–Crippen MR) is 56.7 cm³/mol. The van der Waals surface area contributed by atoms with Crippen molar-refractivity contribution in [2.24, 2.45) is 0 Å². The molecule has 0 unspecified atom stereocenters. The molecule has 0 aromatic carbocycles. The highest BCUT2D eigenvalue weighted by Gasteiger charge is 2.08. The van der Waals surface area contributed by atoms with Gasteiger partial charge in [0.2, 0.25) is 0 Å². The molecule has 0 amide bonds. The number of hydrogen-bond acceptors (Lipinski definition) is 3. The monoisotopic (exact) mass is 207 g/mol. The smallest absolute Gasteiger partial charge is 0.150 e. The van der Waals surface area contributed by atoms with Crippen molar-refractivity contribution in [2.45, 2.75) is 32.6 Å². The van der Waals surface area contributed by atoms with Crippen LogP contribution in [0.2, 0.25) is 0 Å². The molecule has 0 atom stereocenters. The van der Waals surface area contributed by atoms with Crippen LogP contribution in [0.5, 0.6) is 0 Å². The van der Waals surface area contributed by atoms with Crippen LogP contribution in [0.25, 0.3) is 0 Å². The maximum Gasteiger partial charge on any atom is 0.150 e. The Labute approximate surface area is 81.8 Å². The minimum Gasteiger partial charge on any atom is -0.320 e. The average Bonchev–Trinajstić information content (AvgIpc) is 2.05. The summed E-state index contributed by atoms with van der Waals surface area (Å²) in [7, 11) is -0.929. The molecule has 0 aromatic rings. The van der Waals surface area contributed by atoms with E-state index in [1.54, 1.807) is 0 Å². The summed E-state index contributed by atoms with van der Waals surface area (Å²) in [5.41, 5.74) is 0. The summed E-state index contributed by atoms with van der Waals surface area (Å²) in [5, 5.41) is 2.94. The highest BCUT2D eigenvalue weighted by Crippen LogP contribution is 2.01. The molecule has 0 radical (unpaired) electrons. The van der Waals surface area contributed by atoms with Gasteiger partial charge >= 0.3 is 0 Å². The quantitative estimate of drug-likeness (QED) is 0.608. The fourth-order valence-electron chi connectivity index (χ4n) is 1.14. The summed E-state index contributed by atoms with van der Waals surface area (Å²) < 4.78 is 22.7. The fourth-order valence-corrected chi connectivity index (χ4v) is 2.58. The molecule has 0 saturated heterocycles. The summed E-state index contributed by atoms with van der Waals surface area (Å²) in [4.78, 5) is 0. The Bertz CT molecular complexity index is 184. The van der Waals surface area contributed by atoms with E-state index in [0.717, 1.165) is 32.2 Å². The summed E-state index contributed by atoms with van der Waals surface area (Å²) in [5.74, 6) is 0.697. The SMILES string of the molecule is CCCCCS(=O)(=O)CCCNC. The van der Waals surface area contributed by atoms with Crippen molar-refractivity contribution in [2.75, 3.05) is 25.1 Å². The van der Waals surface area contributed by atoms with Crippen LogP contribution in [-0.2, 0) is 9.84 Å². The van der Waals surface area contributed by atoms with Crippen LogP contribution in [-0.4, -0.2) is 33.5 Å². The van der Waals surface area contributed by atoms with Crippen molar-refractivity contribution >= 4 is 9.84 Å². The second kappa shape index (κ2) is 7.33. The van der Waals surface area contributed by atoms with Gasteiger partial charge in [-0.1, -0.05) is 19.8 Å². The third-order valence-corrected chi connectivity index (χ3v) is 3.76. The molecule has 80 valence electrons. The van der Waals surface area contributed by atoms with Crippen molar-refractivity contribution in [3.63, 3.8) is 0 Å². The molecule has 1 N–H and O–H groups in total. The molecule has 0 aliphatic carbocycles. The van der Waals surface area contributed by atoms with Crippen LogP contribution in [0.1, 0.15) is 32.6 Å². The van der Waals surface area contributed by atoms with Gasteiger partial charge in [0.25, 0.3) is 0 Å². The molecule has 0 saturated carbocycles. The van der Waals surface area contributed by atoms with E-state index in [1.807, 2.05) is 7.05 Å². The zero-order valence-corrected chi connectivity index (χ0v) is 9.49. The minimum absolute atomic E-state index is 0.331. The summed E-state index contributed by atoms with van der Waals surface area (Å²) in [6.45, 7) is 2.86. The van der Waals surface area contributed by atoms with E-state index < -0.39 is 9.84 Å². The van der Waals surface area contributed by atoms with E-state index in [2.05, 4.69) is 12.2 Å². The first kappa shape index (κ1) is 12.9. The third-order valence-electron chi connectivity index (χ3n) is 1.94. The van der Waals surface area contributed by atoms with Crippen molar-refractivity contribution in [1.82, 2.24) is 5.32 Å². The first-order valence-corrected chi connectivity index (χ1v) is 6.79. The van der Waals surface area contributed by atoms with E-state index in [-0.39, 0.29) is 0 Å². The fraction of sp³-hybridized carbons (Fsp3) is 1.00. The standard InChI is InChI=1S/C9H21NO2S/c1-3-4-5-8-13(11,12)9-6-7-10-2/h10H,3-9H2,1-2H3. The molecular weight excluding hydrogens is 186 g/mol. The van der Waals surface area contributed by atoms with Crippen LogP contribution in [0.3, 0.4) is 0 Å². The van der Waals surface area contributed by atoms with E-state index in [0.29, 0.717) is 11.5 Å². The summed E-state index contributed by atoms with van der Waals surface area (Å²) >= 11 is 0. The van der Waals surface area contributed by atoms with Crippen LogP contribution in [0.15, 0.2) is 0 Å². The van der Waals surface area contributed by atoms with Gasteiger partial charge in [0.05, 0.1) is 11.5 Å². The lowest BCUT2D eigenvalue weighted by molar-refractivity contribution is 0.587. The highest BCUT2D eigenvalue weighted by atomic mass is 32.2. The molecule has 0 fully saturated rings. The molecule has 0 aromatic heterocycles. The number of unbranched alkanes of at least 4 members (excludes halogenated alkanes) is 2. The Balaban J connectivity index is 3.55. The third kappa shape index (κ3) is 8.25. The van der Waals surface area contributed by atoms with E-state index >= 15 is 0 Å². The molecule has 0 rings (SSSR count). The van der Waals surface area contributed by atoms with Crippen molar-refractivity contribution in [3.05, 3.63) is 0 Å². The Morgan fingerprint density at radius 2 is 1.69 bits per heavy atom. The van der Waals surface area contributed by atoms with Gasteiger partial charge in [-0.15, -0.1) is 0 Å². The van der Waals surface area contributed by atoms with Gasteiger partial charge in [-0.05, 0) is 26.4 Å². The molecule has 3 nitrogen and oxygen atoms in total. The van der Waals surface area contributed by atoms with Gasteiger partial charge in [0.15, 0.2) is 0 Å². The second-order valence-corrected chi connectivity index (χ2v) is 5.62. The highest BCUT2D eigenvalue weighted by molar-refractivity contribution is 7.91. The molecular formula is C9H21NO2S. The minimum atomic E-state index is -2.77. The normalized spacial score (nSPS) is 11.8. The van der Waals surface area contributed by atoms with E-state index in [9.17, 15) is 8.42 Å². The summed E-state index contributed by atoms with van der Waals surface area (Å²) in [6, 6.07) is 0. The zero-order valence-electron chi connectivity index (χ0n) is 8.67. The Morgan fingerprint density at radius 3 is 2.23 bits per heavy atom. The van der Waals surface area contributed by atoms with Crippen LogP contribution >= 0.6 is 0 Å². The maximum absolute atomic E-state index is 11.4. The second-order valence-electron chi connectivity index (χ2n) is 3.32. The van der Waals surface area contributed by atoms with Gasteiger partial charge in [-0.2, -0.15) is 0 Å². The molecule has 13 heavy (non-hydrogen) atoms. The van der Waals surface area contributed by atoms with E-state index in [4.69, 9.17) is 0 Å². The lowest BCUT2D eigenvalue weighted by atomic mass is 10.3. The molecule has 4 heteroatoms. The topological polar surface area (TPSA) is 46.2 Å². The zero-order chi connectivity index (χ0) is 10.2. The van der Waals surface area contributed by atoms with E-state index in [1.165, 1.54) is 0 Å². The van der Waals surface area contributed by atoms with Crippen LogP contribution < -0.4 is 5.32 Å².